The monoisotopic (exact) mass is 94.0 g/mol. The summed E-state index contributed by atoms with van der Waals surface area (Å²) in [6, 6.07) is 0. The average Bonchev–Trinajstić information content (AvgIpc) is 1.00. The fourth-order valence-electron chi connectivity index (χ4n) is 0. The molecule has 0 fully saturated rings. The molecule has 0 saturated heterocycles. The van der Waals surface area contributed by atoms with Crippen molar-refractivity contribution in [2.24, 2.45) is 0 Å². The third-order valence-electron chi connectivity index (χ3n) is 0. The second kappa shape index (κ2) is 38.9. The Morgan fingerprint density at radius 1 is 1.00 bits per heavy atom. The van der Waals surface area contributed by atoms with E-state index in [1.807, 2.05) is 0 Å². The van der Waals surface area contributed by atoms with Crippen LogP contribution in [0.25, 0.3) is 0 Å². The Kier molecular flexibility index (Phi) is 221. The van der Waals surface area contributed by atoms with Gasteiger partial charge in [-0.1, -0.05) is 0 Å². The van der Waals surface area contributed by atoms with Crippen molar-refractivity contribution in [2.75, 3.05) is 7.11 Å². The largest absolute Gasteiger partial charge is 1.00 e. The maximum atomic E-state index is 8.25. The average molecular weight is 94.0 g/mol. The van der Waals surface area contributed by atoms with Gasteiger partial charge in [-0.15, -0.1) is 0 Å². The van der Waals surface area contributed by atoms with Gasteiger partial charge in [-0.05, 0) is 0 Å². The first kappa shape index (κ1) is 28.4. The predicted molar refractivity (Wildman–Crippen MR) is 7.86 cm³/mol. The van der Waals surface area contributed by atoms with Gasteiger partial charge in [-0.25, -0.2) is 0 Å². The summed E-state index contributed by atoms with van der Waals surface area (Å²) in [4.78, 5) is 0. The first-order valence-corrected chi connectivity index (χ1v) is 0.408. The Labute approximate surface area is 75.8 Å². The van der Waals surface area contributed by atoms with Crippen molar-refractivity contribution in [1.29, 1.82) is 0 Å². The van der Waals surface area contributed by atoms with Crippen molar-refractivity contribution in [3.8, 4) is 0 Å². The molecule has 0 saturated carbocycles. The molecule has 2 nitrogen and oxygen atoms in total. The summed E-state index contributed by atoms with van der Waals surface area (Å²) in [5, 5.41) is 8.25. The van der Waals surface area contributed by atoms with Crippen molar-refractivity contribution >= 4 is 0 Å². The van der Waals surface area contributed by atoms with E-state index >= 15 is 0 Å². The number of hydrogen-bond donors (Lipinski definition) is 0. The summed E-state index contributed by atoms with van der Waals surface area (Å²) in [6.07, 6.45) is 0. The Morgan fingerprint density at radius 3 is 1.00 bits per heavy atom. The quantitative estimate of drug-likeness (QED) is 0.280. The first-order valence-electron chi connectivity index (χ1n) is 0.408. The van der Waals surface area contributed by atoms with Crippen LogP contribution in [0.1, 0.15) is 0 Å². The molecular formula is CH4Na2O2. The van der Waals surface area contributed by atoms with Gasteiger partial charge in [-0.3, -0.25) is 0 Å². The summed E-state index contributed by atoms with van der Waals surface area (Å²) in [7, 11) is 0.750. The Hall–Kier alpha value is 1.92. The summed E-state index contributed by atoms with van der Waals surface area (Å²) in [5.41, 5.74) is 0. The number of rotatable bonds is 0. The van der Waals surface area contributed by atoms with Gasteiger partial charge in [0.15, 0.2) is 0 Å². The molecule has 0 aromatic carbocycles. The fraction of sp³-hybridized carbons (Fsp3) is 1.00. The van der Waals surface area contributed by atoms with E-state index in [1.165, 1.54) is 0 Å². The second-order valence-electron chi connectivity index (χ2n) is 0. The van der Waals surface area contributed by atoms with Crippen LogP contribution in [0.2, 0.25) is 0 Å². The molecule has 0 aliphatic carbocycles. The molecule has 4 heteroatoms. The van der Waals surface area contributed by atoms with E-state index in [0.29, 0.717) is 0 Å². The van der Waals surface area contributed by atoms with Gasteiger partial charge < -0.3 is 10.6 Å². The normalized spacial score (nSPS) is 1.20. The molecule has 0 radical (unpaired) electrons. The van der Waals surface area contributed by atoms with Crippen LogP contribution in [-0.4, -0.2) is 12.6 Å². The summed E-state index contributed by atoms with van der Waals surface area (Å²) < 4.78 is 0. The molecule has 0 atom stereocenters. The van der Waals surface area contributed by atoms with E-state index < -0.39 is 0 Å². The smallest absolute Gasteiger partial charge is 0.870 e. The predicted octanol–water partition coefficient (Wildman–Crippen LogP) is -7.19. The molecule has 0 aromatic heterocycles. The number of hydrogen-bond acceptors (Lipinski definition) is 2. The molecule has 0 unspecified atom stereocenters. The SMILES string of the molecule is C[O-].[Na+].[Na+].[OH-]. The minimum atomic E-state index is 0. The maximum absolute atomic E-state index is 8.25. The molecule has 0 amide bonds. The van der Waals surface area contributed by atoms with Gasteiger partial charge in [0, 0.05) is 0 Å². The van der Waals surface area contributed by atoms with Crippen molar-refractivity contribution in [1.82, 2.24) is 0 Å². The van der Waals surface area contributed by atoms with Crippen molar-refractivity contribution in [2.45, 2.75) is 0 Å². The minimum absolute atomic E-state index is 0. The molecule has 5 heavy (non-hydrogen) atoms. The standard InChI is InChI=1S/CH3O.2Na.H2O/c1-2;;;/h1H3;;;1H2/q-1;2*+1;/p-1. The second-order valence-corrected chi connectivity index (χ2v) is 0. The van der Waals surface area contributed by atoms with Crippen LogP contribution < -0.4 is 64.2 Å². The summed E-state index contributed by atoms with van der Waals surface area (Å²) in [5.74, 6) is 0. The van der Waals surface area contributed by atoms with Crippen molar-refractivity contribution < 1.29 is 69.7 Å². The molecule has 0 spiro atoms. The molecule has 0 rings (SSSR count). The van der Waals surface area contributed by atoms with E-state index in [-0.39, 0.29) is 64.6 Å². The third kappa shape index (κ3) is 24.7. The van der Waals surface area contributed by atoms with Crippen molar-refractivity contribution in [3.05, 3.63) is 0 Å². The van der Waals surface area contributed by atoms with Crippen LogP contribution in [0.4, 0.5) is 0 Å². The Bertz CT molecular complexity index is 7.61. The minimum Gasteiger partial charge on any atom is -0.870 e. The molecule has 0 heterocycles. The molecule has 0 aromatic rings. The van der Waals surface area contributed by atoms with E-state index in [9.17, 15) is 0 Å². The van der Waals surface area contributed by atoms with Crippen LogP contribution in [0, 0.1) is 0 Å². The Morgan fingerprint density at radius 2 is 1.00 bits per heavy atom. The molecule has 1 N–H and O–H groups in total. The van der Waals surface area contributed by atoms with Crippen LogP contribution in [0.3, 0.4) is 0 Å². The zero-order valence-electron chi connectivity index (χ0n) is 3.86. The van der Waals surface area contributed by atoms with Gasteiger partial charge >= 0.3 is 59.1 Å². The van der Waals surface area contributed by atoms with Gasteiger partial charge in [0.1, 0.15) is 0 Å². The van der Waals surface area contributed by atoms with Gasteiger partial charge in [-0.2, -0.15) is 7.11 Å². The fourth-order valence-corrected chi connectivity index (χ4v) is 0. The van der Waals surface area contributed by atoms with E-state index in [1.54, 1.807) is 0 Å². The maximum Gasteiger partial charge on any atom is 1.00 e. The van der Waals surface area contributed by atoms with Crippen LogP contribution in [0.15, 0.2) is 0 Å². The molecule has 0 aliphatic heterocycles. The summed E-state index contributed by atoms with van der Waals surface area (Å²) in [6.45, 7) is 0. The summed E-state index contributed by atoms with van der Waals surface area (Å²) >= 11 is 0. The van der Waals surface area contributed by atoms with Crippen molar-refractivity contribution in [3.63, 3.8) is 0 Å². The zero-order chi connectivity index (χ0) is 2.00. The van der Waals surface area contributed by atoms with Gasteiger partial charge in [0.05, 0.1) is 0 Å². The Balaban J connectivity index is -0.00000000167. The van der Waals surface area contributed by atoms with E-state index in [0.717, 1.165) is 7.11 Å². The zero-order valence-corrected chi connectivity index (χ0v) is 7.86. The first-order chi connectivity index (χ1) is 1.00. The third-order valence-corrected chi connectivity index (χ3v) is 0. The van der Waals surface area contributed by atoms with Crippen LogP contribution in [-0.2, 0) is 0 Å². The van der Waals surface area contributed by atoms with Crippen LogP contribution >= 0.6 is 0 Å². The van der Waals surface area contributed by atoms with E-state index in [4.69, 9.17) is 5.11 Å². The van der Waals surface area contributed by atoms with E-state index in [2.05, 4.69) is 0 Å². The topological polar surface area (TPSA) is 53.1 Å². The molecule has 0 aliphatic rings. The van der Waals surface area contributed by atoms with Crippen LogP contribution in [0.5, 0.6) is 0 Å². The molecule has 0 bridgehead atoms. The van der Waals surface area contributed by atoms with Gasteiger partial charge in [0.25, 0.3) is 0 Å². The molecular weight excluding hydrogens is 90.0 g/mol. The molecule has 22 valence electrons. The van der Waals surface area contributed by atoms with Gasteiger partial charge in [0.2, 0.25) is 0 Å².